The summed E-state index contributed by atoms with van der Waals surface area (Å²) in [6.07, 6.45) is -0.331. The van der Waals surface area contributed by atoms with Crippen molar-refractivity contribution in [2.75, 3.05) is 5.32 Å². The van der Waals surface area contributed by atoms with Gasteiger partial charge in [-0.25, -0.2) is 4.39 Å². The minimum atomic E-state index is -1.28. The molecule has 4 N–H and O–H groups in total. The maximum atomic E-state index is 13.5. The first-order valence-corrected chi connectivity index (χ1v) is 5.76. The molecule has 108 valence electrons. The van der Waals surface area contributed by atoms with Gasteiger partial charge >= 0.3 is 5.97 Å². The fourth-order valence-electron chi connectivity index (χ4n) is 1.45. The van der Waals surface area contributed by atoms with Gasteiger partial charge in [-0.3, -0.25) is 14.4 Å². The van der Waals surface area contributed by atoms with Crippen LogP contribution in [0.3, 0.4) is 0 Å². The van der Waals surface area contributed by atoms with Crippen LogP contribution in [-0.4, -0.2) is 22.9 Å². The largest absolute Gasteiger partial charge is 0.481 e. The van der Waals surface area contributed by atoms with Crippen LogP contribution in [0.25, 0.3) is 0 Å². The molecule has 0 spiro atoms. The van der Waals surface area contributed by atoms with E-state index in [4.69, 9.17) is 10.8 Å². The van der Waals surface area contributed by atoms with E-state index in [-0.39, 0.29) is 17.7 Å². The number of hydrogen-bond acceptors (Lipinski definition) is 3. The highest BCUT2D eigenvalue weighted by Gasteiger charge is 2.30. The molecule has 0 saturated carbocycles. The van der Waals surface area contributed by atoms with Gasteiger partial charge < -0.3 is 16.2 Å². The van der Waals surface area contributed by atoms with Gasteiger partial charge in [0.15, 0.2) is 0 Å². The third kappa shape index (κ3) is 3.78. The fourth-order valence-corrected chi connectivity index (χ4v) is 1.45. The Bertz CT molecular complexity index is 569. The molecular formula is C13H15FN2O4. The molecular weight excluding hydrogens is 267 g/mol. The number of primary amides is 1. The molecule has 20 heavy (non-hydrogen) atoms. The Morgan fingerprint density at radius 3 is 2.45 bits per heavy atom. The number of halogens is 1. The average Bonchev–Trinajstić information content (AvgIpc) is 2.30. The minimum Gasteiger partial charge on any atom is -0.481 e. The first-order chi connectivity index (χ1) is 9.13. The normalized spacial score (nSPS) is 10.9. The van der Waals surface area contributed by atoms with Crippen molar-refractivity contribution in [3.05, 3.63) is 29.6 Å². The van der Waals surface area contributed by atoms with Gasteiger partial charge in [0.05, 0.1) is 11.1 Å². The highest BCUT2D eigenvalue weighted by atomic mass is 19.1. The predicted octanol–water partition coefficient (Wildman–Crippen LogP) is 1.36. The number of anilines is 1. The van der Waals surface area contributed by atoms with E-state index in [0.717, 1.165) is 12.1 Å². The van der Waals surface area contributed by atoms with Gasteiger partial charge in [-0.2, -0.15) is 0 Å². The van der Waals surface area contributed by atoms with Crippen LogP contribution in [0.15, 0.2) is 18.2 Å². The van der Waals surface area contributed by atoms with Gasteiger partial charge in [-0.15, -0.1) is 0 Å². The van der Waals surface area contributed by atoms with E-state index in [9.17, 15) is 18.8 Å². The van der Waals surface area contributed by atoms with E-state index < -0.39 is 29.0 Å². The first kappa shape index (κ1) is 15.6. The Hall–Kier alpha value is -2.44. The third-order valence-corrected chi connectivity index (χ3v) is 2.71. The van der Waals surface area contributed by atoms with Crippen molar-refractivity contribution in [3.63, 3.8) is 0 Å². The van der Waals surface area contributed by atoms with Gasteiger partial charge in [0.25, 0.3) is 0 Å². The van der Waals surface area contributed by atoms with E-state index in [1.165, 1.54) is 19.9 Å². The Kier molecular flexibility index (Phi) is 4.44. The predicted molar refractivity (Wildman–Crippen MR) is 69.6 cm³/mol. The molecule has 0 aromatic heterocycles. The lowest BCUT2D eigenvalue weighted by Gasteiger charge is -2.18. The van der Waals surface area contributed by atoms with E-state index in [1.54, 1.807) is 0 Å². The topological polar surface area (TPSA) is 109 Å². The molecule has 0 radical (unpaired) electrons. The quantitative estimate of drug-likeness (QED) is 0.757. The molecule has 0 heterocycles. The Morgan fingerprint density at radius 2 is 1.95 bits per heavy atom. The zero-order chi connectivity index (χ0) is 15.5. The summed E-state index contributed by atoms with van der Waals surface area (Å²) in [5.41, 5.74) is 3.60. The molecule has 0 bridgehead atoms. The Morgan fingerprint density at radius 1 is 1.35 bits per heavy atom. The lowest BCUT2D eigenvalue weighted by atomic mass is 9.89. The fraction of sp³-hybridized carbons (Fsp3) is 0.308. The summed E-state index contributed by atoms with van der Waals surface area (Å²) in [5.74, 6) is -3.31. The Balaban J connectivity index is 2.88. The monoisotopic (exact) mass is 282 g/mol. The smallest absolute Gasteiger partial charge is 0.309 e. The second-order valence-corrected chi connectivity index (χ2v) is 4.97. The van der Waals surface area contributed by atoms with Crippen molar-refractivity contribution >= 4 is 23.5 Å². The van der Waals surface area contributed by atoms with Crippen molar-refractivity contribution in [1.82, 2.24) is 0 Å². The van der Waals surface area contributed by atoms with Crippen LogP contribution in [0.5, 0.6) is 0 Å². The second-order valence-electron chi connectivity index (χ2n) is 4.97. The number of carboxylic acids is 1. The van der Waals surface area contributed by atoms with Crippen molar-refractivity contribution in [1.29, 1.82) is 0 Å². The summed E-state index contributed by atoms with van der Waals surface area (Å²) in [6, 6.07) is 3.29. The molecule has 0 saturated heterocycles. The summed E-state index contributed by atoms with van der Waals surface area (Å²) in [6.45, 7) is 2.76. The molecule has 1 aromatic carbocycles. The van der Waals surface area contributed by atoms with Gasteiger partial charge in [-0.05, 0) is 32.0 Å². The number of benzene rings is 1. The third-order valence-electron chi connectivity index (χ3n) is 2.71. The number of aliphatic carboxylic acids is 1. The number of amides is 2. The van der Waals surface area contributed by atoms with Crippen LogP contribution in [0.4, 0.5) is 10.1 Å². The number of carbonyl (C=O) groups excluding carboxylic acids is 2. The zero-order valence-corrected chi connectivity index (χ0v) is 11.1. The maximum absolute atomic E-state index is 13.5. The lowest BCUT2D eigenvalue weighted by Crippen LogP contribution is -2.29. The zero-order valence-electron chi connectivity index (χ0n) is 11.1. The molecule has 1 rings (SSSR count). The molecule has 0 aliphatic carbocycles. The number of hydrogen-bond donors (Lipinski definition) is 3. The molecule has 0 aliphatic rings. The number of nitrogens with one attached hydrogen (secondary N) is 1. The van der Waals surface area contributed by atoms with Crippen molar-refractivity contribution in [3.8, 4) is 0 Å². The summed E-state index contributed by atoms with van der Waals surface area (Å²) in [7, 11) is 0. The summed E-state index contributed by atoms with van der Waals surface area (Å²) >= 11 is 0. The van der Waals surface area contributed by atoms with E-state index in [2.05, 4.69) is 5.32 Å². The summed E-state index contributed by atoms with van der Waals surface area (Å²) in [5, 5.41) is 11.1. The van der Waals surface area contributed by atoms with E-state index >= 15 is 0 Å². The van der Waals surface area contributed by atoms with Crippen LogP contribution in [0, 0.1) is 11.2 Å². The van der Waals surface area contributed by atoms with E-state index in [0.29, 0.717) is 0 Å². The molecule has 0 fully saturated rings. The molecule has 0 atom stereocenters. The number of carboxylic acid groups (broad SMARTS) is 1. The molecule has 0 aliphatic heterocycles. The van der Waals surface area contributed by atoms with Crippen LogP contribution >= 0.6 is 0 Å². The van der Waals surface area contributed by atoms with Crippen molar-refractivity contribution in [2.45, 2.75) is 20.3 Å². The molecule has 0 unspecified atom stereocenters. The van der Waals surface area contributed by atoms with Gasteiger partial charge in [0.1, 0.15) is 5.82 Å². The summed E-state index contributed by atoms with van der Waals surface area (Å²) in [4.78, 5) is 33.6. The van der Waals surface area contributed by atoms with Crippen molar-refractivity contribution in [2.24, 2.45) is 11.1 Å². The van der Waals surface area contributed by atoms with Gasteiger partial charge in [0, 0.05) is 12.0 Å². The van der Waals surface area contributed by atoms with E-state index in [1.807, 2.05) is 0 Å². The average molecular weight is 282 g/mol. The van der Waals surface area contributed by atoms with Crippen LogP contribution in [0.2, 0.25) is 0 Å². The van der Waals surface area contributed by atoms with Gasteiger partial charge in [0.2, 0.25) is 11.8 Å². The Labute approximate surface area is 114 Å². The first-order valence-electron chi connectivity index (χ1n) is 5.76. The maximum Gasteiger partial charge on any atom is 0.309 e. The van der Waals surface area contributed by atoms with Crippen molar-refractivity contribution < 1.29 is 23.9 Å². The number of nitrogens with two attached hydrogens (primary N) is 1. The minimum absolute atomic E-state index is 0.0409. The van der Waals surface area contributed by atoms with Gasteiger partial charge in [-0.1, -0.05) is 0 Å². The molecule has 6 nitrogen and oxygen atoms in total. The molecule has 2 amide bonds. The molecule has 1 aromatic rings. The standard InChI is InChI=1S/C13H15FN2O4/c1-13(2,12(19)20)6-10(17)16-9-5-7(11(15)18)3-4-8(9)14/h3-5H,6H2,1-2H3,(H2,15,18)(H,16,17)(H,19,20). The summed E-state index contributed by atoms with van der Waals surface area (Å²) < 4.78 is 13.5. The second kappa shape index (κ2) is 5.68. The lowest BCUT2D eigenvalue weighted by molar-refractivity contribution is -0.148. The number of carbonyl (C=O) groups is 3. The number of rotatable bonds is 5. The SMILES string of the molecule is CC(C)(CC(=O)Nc1cc(C(N)=O)ccc1F)C(=O)O. The van der Waals surface area contributed by atoms with Crippen LogP contribution < -0.4 is 11.1 Å². The van der Waals surface area contributed by atoms with Crippen LogP contribution in [0.1, 0.15) is 30.6 Å². The molecule has 7 heteroatoms. The van der Waals surface area contributed by atoms with Crippen LogP contribution in [-0.2, 0) is 9.59 Å². The highest BCUT2D eigenvalue weighted by Crippen LogP contribution is 2.22. The highest BCUT2D eigenvalue weighted by molar-refractivity contribution is 5.97.